The Hall–Kier alpha value is -4.34. The van der Waals surface area contributed by atoms with E-state index in [1.807, 2.05) is 60.9 Å². The number of unbranched alkanes of at least 4 members (excludes halogenated alkanes) is 1. The Bertz CT molecular complexity index is 1310. The molecule has 1 aliphatic rings. The molecule has 1 aromatic heterocycles. The molecular weight excluding hydrogens is 520 g/mol. The molecule has 2 unspecified atom stereocenters. The maximum Gasteiger partial charge on any atom is 0.303 e. The molecule has 2 aromatic rings. The summed E-state index contributed by atoms with van der Waals surface area (Å²) in [5.41, 5.74) is 14.2. The highest BCUT2D eigenvalue weighted by molar-refractivity contribution is 6.08. The number of nitrogens with two attached hydrogens (primary N) is 2. The van der Waals surface area contributed by atoms with E-state index in [9.17, 15) is 14.4 Å². The summed E-state index contributed by atoms with van der Waals surface area (Å²) in [6.45, 7) is 6.80. The van der Waals surface area contributed by atoms with Crippen molar-refractivity contribution >= 4 is 29.4 Å². The van der Waals surface area contributed by atoms with Crippen LogP contribution in [0.3, 0.4) is 0 Å². The Kier molecular flexibility index (Phi) is 11.3. The fourth-order valence-electron chi connectivity index (χ4n) is 5.10. The van der Waals surface area contributed by atoms with Crippen molar-refractivity contribution in [3.05, 3.63) is 66.0 Å². The number of nitrogens with one attached hydrogen (secondary N) is 2. The third kappa shape index (κ3) is 8.33. The number of benzene rings is 1. The first-order valence-corrected chi connectivity index (χ1v) is 14.2. The van der Waals surface area contributed by atoms with E-state index in [0.29, 0.717) is 37.2 Å². The molecule has 220 valence electrons. The second-order valence-electron chi connectivity index (χ2n) is 10.5. The van der Waals surface area contributed by atoms with Gasteiger partial charge in [0.2, 0.25) is 5.91 Å². The Morgan fingerprint density at radius 1 is 1.02 bits per heavy atom. The van der Waals surface area contributed by atoms with Gasteiger partial charge in [-0.3, -0.25) is 19.4 Å². The summed E-state index contributed by atoms with van der Waals surface area (Å²) in [5, 5.41) is 15.0. The number of aliphatic carboxylic acids is 1. The molecule has 2 amide bonds. The smallest absolute Gasteiger partial charge is 0.303 e. The highest BCUT2D eigenvalue weighted by Crippen LogP contribution is 2.46. The first kappa shape index (κ1) is 31.2. The Balaban J connectivity index is 2.13. The fourth-order valence-corrected chi connectivity index (χ4v) is 5.10. The van der Waals surface area contributed by atoms with E-state index < -0.39 is 5.97 Å². The van der Waals surface area contributed by atoms with Gasteiger partial charge in [0.05, 0.1) is 5.69 Å². The van der Waals surface area contributed by atoms with Crippen LogP contribution >= 0.6 is 0 Å². The zero-order valence-corrected chi connectivity index (χ0v) is 24.1. The summed E-state index contributed by atoms with van der Waals surface area (Å²) < 4.78 is 2.02. The van der Waals surface area contributed by atoms with Crippen LogP contribution < -0.4 is 22.1 Å². The van der Waals surface area contributed by atoms with E-state index in [2.05, 4.69) is 34.7 Å². The van der Waals surface area contributed by atoms with Gasteiger partial charge in [-0.1, -0.05) is 61.6 Å². The third-order valence-electron chi connectivity index (χ3n) is 6.99. The minimum atomic E-state index is -0.919. The molecular formula is C31H42N6O4. The van der Waals surface area contributed by atoms with Gasteiger partial charge in [-0.15, -0.1) is 0 Å². The highest BCUT2D eigenvalue weighted by Gasteiger charge is 2.34. The molecule has 0 bridgehead atoms. The lowest BCUT2D eigenvalue weighted by atomic mass is 9.84. The van der Waals surface area contributed by atoms with Crippen LogP contribution in [0.1, 0.15) is 81.0 Å². The standard InChI is InChI=1S/C31H42N6O4/c1-20(2)37-28(23-15-8-7-12-21(23)3)26(22-13-5-4-6-14-22)27(29(37)30(41)34-19-11-17-25(39)40)36-24(38)16-9-10-18-35-31(32)33/h4-8,12-15,20-21,23H,9-11,16-19H2,1-3H3,(H,34,41)(H,36,38)(H,39,40)(H4,32,33,35). The lowest BCUT2D eigenvalue weighted by molar-refractivity contribution is -0.137. The van der Waals surface area contributed by atoms with Crippen LogP contribution in [0, 0.1) is 5.92 Å². The highest BCUT2D eigenvalue weighted by atomic mass is 16.4. The van der Waals surface area contributed by atoms with Gasteiger partial charge in [-0.05, 0) is 44.6 Å². The van der Waals surface area contributed by atoms with E-state index in [1.54, 1.807) is 0 Å². The predicted octanol–water partition coefficient (Wildman–Crippen LogP) is 4.56. The monoisotopic (exact) mass is 562 g/mol. The van der Waals surface area contributed by atoms with Gasteiger partial charge in [-0.25, -0.2) is 0 Å². The van der Waals surface area contributed by atoms with Crippen LogP contribution in [-0.4, -0.2) is 46.5 Å². The van der Waals surface area contributed by atoms with Crippen molar-refractivity contribution in [2.75, 3.05) is 18.4 Å². The lowest BCUT2D eigenvalue weighted by Gasteiger charge is -2.26. The maximum atomic E-state index is 13.8. The molecule has 0 spiro atoms. The topological polar surface area (TPSA) is 165 Å². The van der Waals surface area contributed by atoms with Gasteiger partial charge in [0.25, 0.3) is 5.91 Å². The van der Waals surface area contributed by atoms with Crippen molar-refractivity contribution in [2.24, 2.45) is 22.4 Å². The normalized spacial score (nSPS) is 16.0. The van der Waals surface area contributed by atoms with Crippen molar-refractivity contribution in [1.29, 1.82) is 0 Å². The molecule has 7 N–H and O–H groups in total. The van der Waals surface area contributed by atoms with E-state index in [-0.39, 0.29) is 55.0 Å². The summed E-state index contributed by atoms with van der Waals surface area (Å²) in [5.74, 6) is -1.37. The molecule has 10 nitrogen and oxygen atoms in total. The van der Waals surface area contributed by atoms with Gasteiger partial charge in [-0.2, -0.15) is 0 Å². The quantitative estimate of drug-likeness (QED) is 0.129. The van der Waals surface area contributed by atoms with Gasteiger partial charge >= 0.3 is 5.97 Å². The van der Waals surface area contributed by atoms with Gasteiger partial charge < -0.3 is 31.8 Å². The van der Waals surface area contributed by atoms with Crippen LogP contribution in [-0.2, 0) is 9.59 Å². The Morgan fingerprint density at radius 2 is 1.73 bits per heavy atom. The van der Waals surface area contributed by atoms with Crippen molar-refractivity contribution in [2.45, 2.75) is 64.8 Å². The van der Waals surface area contributed by atoms with Gasteiger partial charge in [0.1, 0.15) is 5.69 Å². The largest absolute Gasteiger partial charge is 0.481 e. The second-order valence-corrected chi connectivity index (χ2v) is 10.5. The SMILES string of the molecule is CC1C=CC=CC1c1c(-c2ccccc2)c(NC(=O)CCCCN=C(N)N)c(C(=O)NCCCC(=O)O)n1C(C)C. The minimum Gasteiger partial charge on any atom is -0.481 e. The van der Waals surface area contributed by atoms with Gasteiger partial charge in [0, 0.05) is 49.1 Å². The zero-order chi connectivity index (χ0) is 29.9. The number of hydrogen-bond acceptors (Lipinski definition) is 4. The summed E-state index contributed by atoms with van der Waals surface area (Å²) in [6.07, 6.45) is 10.0. The summed E-state index contributed by atoms with van der Waals surface area (Å²) in [7, 11) is 0. The number of aliphatic imine (C=N–C) groups is 1. The number of allylic oxidation sites excluding steroid dienone is 4. The van der Waals surface area contributed by atoms with Gasteiger partial charge in [0.15, 0.2) is 5.96 Å². The molecule has 0 fully saturated rings. The van der Waals surface area contributed by atoms with Crippen LogP contribution in [0.5, 0.6) is 0 Å². The van der Waals surface area contributed by atoms with Crippen molar-refractivity contribution < 1.29 is 19.5 Å². The van der Waals surface area contributed by atoms with E-state index >= 15 is 0 Å². The van der Waals surface area contributed by atoms with Crippen LogP contribution in [0.15, 0.2) is 59.6 Å². The summed E-state index contributed by atoms with van der Waals surface area (Å²) in [4.78, 5) is 42.1. The fraction of sp³-hybridized carbons (Fsp3) is 0.419. The predicted molar refractivity (Wildman–Crippen MR) is 163 cm³/mol. The Morgan fingerprint density at radius 3 is 2.37 bits per heavy atom. The molecule has 0 saturated heterocycles. The second kappa shape index (κ2) is 14.9. The molecule has 2 atom stereocenters. The number of nitrogens with zero attached hydrogens (tertiary/aromatic N) is 2. The first-order valence-electron chi connectivity index (χ1n) is 14.2. The van der Waals surface area contributed by atoms with Crippen LogP contribution in [0.25, 0.3) is 11.1 Å². The number of carboxylic acid groups (broad SMARTS) is 1. The summed E-state index contributed by atoms with van der Waals surface area (Å²) >= 11 is 0. The number of carbonyl (C=O) groups is 3. The van der Waals surface area contributed by atoms with Crippen LogP contribution in [0.2, 0.25) is 0 Å². The number of anilines is 1. The van der Waals surface area contributed by atoms with E-state index in [1.165, 1.54) is 0 Å². The molecule has 3 rings (SSSR count). The number of rotatable bonds is 14. The number of carboxylic acids is 1. The molecule has 0 radical (unpaired) electrons. The molecule has 1 heterocycles. The van der Waals surface area contributed by atoms with Crippen LogP contribution in [0.4, 0.5) is 5.69 Å². The number of aromatic nitrogens is 1. The molecule has 1 aliphatic carbocycles. The molecule has 41 heavy (non-hydrogen) atoms. The average molecular weight is 563 g/mol. The van der Waals surface area contributed by atoms with Crippen molar-refractivity contribution in [3.8, 4) is 11.1 Å². The minimum absolute atomic E-state index is 0.0179. The Labute approximate surface area is 241 Å². The van der Waals surface area contributed by atoms with E-state index in [4.69, 9.17) is 16.6 Å². The van der Waals surface area contributed by atoms with Crippen molar-refractivity contribution in [3.63, 3.8) is 0 Å². The molecule has 0 aliphatic heterocycles. The number of amides is 2. The third-order valence-corrected chi connectivity index (χ3v) is 6.99. The molecule has 10 heteroatoms. The maximum absolute atomic E-state index is 13.8. The zero-order valence-electron chi connectivity index (χ0n) is 24.1. The number of guanidine groups is 1. The molecule has 1 aromatic carbocycles. The summed E-state index contributed by atoms with van der Waals surface area (Å²) in [6, 6.07) is 9.66. The number of hydrogen-bond donors (Lipinski definition) is 5. The lowest BCUT2D eigenvalue weighted by Crippen LogP contribution is -2.30. The van der Waals surface area contributed by atoms with Crippen molar-refractivity contribution in [1.82, 2.24) is 9.88 Å². The number of carbonyl (C=O) groups excluding carboxylic acids is 2. The molecule has 0 saturated carbocycles. The van der Waals surface area contributed by atoms with E-state index in [0.717, 1.165) is 16.8 Å². The average Bonchev–Trinajstić information content (AvgIpc) is 3.26. The first-order chi connectivity index (χ1) is 19.6.